The predicted molar refractivity (Wildman–Crippen MR) is 102 cm³/mol. The third-order valence-corrected chi connectivity index (χ3v) is 5.28. The molecule has 0 radical (unpaired) electrons. The number of benzene rings is 1. The summed E-state index contributed by atoms with van der Waals surface area (Å²) in [5, 5.41) is 5.05. The van der Waals surface area contributed by atoms with Crippen molar-refractivity contribution in [2.45, 2.75) is 6.54 Å². The lowest BCUT2D eigenvalue weighted by Gasteiger charge is -2.34. The van der Waals surface area contributed by atoms with Crippen LogP contribution in [0.15, 0.2) is 35.7 Å². The van der Waals surface area contributed by atoms with Crippen molar-refractivity contribution in [3.05, 3.63) is 52.7 Å². The smallest absolute Gasteiger partial charge is 0.340 e. The fraction of sp³-hybridized carbons (Fsp3) is 0.368. The van der Waals surface area contributed by atoms with Gasteiger partial charge < -0.3 is 10.1 Å². The van der Waals surface area contributed by atoms with Crippen molar-refractivity contribution < 1.29 is 18.7 Å². The normalized spacial score (nSPS) is 15.5. The van der Waals surface area contributed by atoms with Gasteiger partial charge in [-0.1, -0.05) is 12.1 Å². The summed E-state index contributed by atoms with van der Waals surface area (Å²) in [6.07, 6.45) is 0. The lowest BCUT2D eigenvalue weighted by Crippen LogP contribution is -2.48. The SMILES string of the molecule is COC(=O)c1ccsc1NC(=O)CN1CCN(Cc2cccc(F)c2)CC1. The Bertz CT molecular complexity index is 803. The molecule has 0 unspecified atom stereocenters. The number of carbonyl (C=O) groups is 2. The summed E-state index contributed by atoms with van der Waals surface area (Å²) in [7, 11) is 1.31. The van der Waals surface area contributed by atoms with E-state index in [9.17, 15) is 14.0 Å². The second kappa shape index (κ2) is 9.07. The number of rotatable bonds is 6. The van der Waals surface area contributed by atoms with E-state index >= 15 is 0 Å². The number of methoxy groups -OCH3 is 1. The summed E-state index contributed by atoms with van der Waals surface area (Å²) >= 11 is 1.30. The molecule has 8 heteroatoms. The zero-order valence-electron chi connectivity index (χ0n) is 15.1. The Morgan fingerprint density at radius 3 is 2.63 bits per heavy atom. The quantitative estimate of drug-likeness (QED) is 0.767. The summed E-state index contributed by atoms with van der Waals surface area (Å²) in [4.78, 5) is 28.3. The molecule has 1 N–H and O–H groups in total. The zero-order chi connectivity index (χ0) is 19.2. The fourth-order valence-electron chi connectivity index (χ4n) is 3.05. The molecule has 2 heterocycles. The van der Waals surface area contributed by atoms with Gasteiger partial charge in [0.25, 0.3) is 0 Å². The van der Waals surface area contributed by atoms with Crippen molar-refractivity contribution in [1.82, 2.24) is 9.80 Å². The van der Waals surface area contributed by atoms with E-state index in [1.165, 1.54) is 24.5 Å². The van der Waals surface area contributed by atoms with Gasteiger partial charge in [0.2, 0.25) is 5.91 Å². The Morgan fingerprint density at radius 2 is 1.93 bits per heavy atom. The zero-order valence-corrected chi connectivity index (χ0v) is 15.9. The molecule has 1 fully saturated rings. The van der Waals surface area contributed by atoms with Crippen LogP contribution in [0.1, 0.15) is 15.9 Å². The Morgan fingerprint density at radius 1 is 1.19 bits per heavy atom. The second-order valence-electron chi connectivity index (χ2n) is 6.39. The average Bonchev–Trinajstić information content (AvgIpc) is 3.10. The van der Waals surface area contributed by atoms with Crippen molar-refractivity contribution in [2.24, 2.45) is 0 Å². The molecule has 1 saturated heterocycles. The number of nitrogens with zero attached hydrogens (tertiary/aromatic N) is 2. The molecule has 1 aliphatic heterocycles. The van der Waals surface area contributed by atoms with E-state index in [0.29, 0.717) is 17.1 Å². The van der Waals surface area contributed by atoms with Gasteiger partial charge in [-0.15, -0.1) is 11.3 Å². The van der Waals surface area contributed by atoms with Crippen molar-refractivity contribution in [3.63, 3.8) is 0 Å². The maximum absolute atomic E-state index is 13.3. The van der Waals surface area contributed by atoms with Crippen molar-refractivity contribution in [1.29, 1.82) is 0 Å². The highest BCUT2D eigenvalue weighted by molar-refractivity contribution is 7.14. The summed E-state index contributed by atoms with van der Waals surface area (Å²) < 4.78 is 18.0. The number of esters is 1. The van der Waals surface area contributed by atoms with Gasteiger partial charge in [0, 0.05) is 32.7 Å². The van der Waals surface area contributed by atoms with Crippen LogP contribution in [-0.4, -0.2) is 61.5 Å². The van der Waals surface area contributed by atoms with Crippen molar-refractivity contribution in [3.8, 4) is 0 Å². The molecule has 144 valence electrons. The van der Waals surface area contributed by atoms with Crippen LogP contribution in [0.25, 0.3) is 0 Å². The molecule has 0 aliphatic carbocycles. The molecule has 0 atom stereocenters. The van der Waals surface area contributed by atoms with E-state index < -0.39 is 5.97 Å². The minimum atomic E-state index is -0.461. The number of halogens is 1. The maximum atomic E-state index is 13.3. The predicted octanol–water partition coefficient (Wildman–Crippen LogP) is 2.43. The Hall–Kier alpha value is -2.29. The molecular formula is C19H22FN3O3S. The Labute approximate surface area is 161 Å². The molecule has 1 aromatic heterocycles. The molecule has 1 aliphatic rings. The van der Waals surface area contributed by atoms with Crippen LogP contribution in [0.2, 0.25) is 0 Å². The number of thiophene rings is 1. The fourth-order valence-corrected chi connectivity index (χ4v) is 3.84. The largest absolute Gasteiger partial charge is 0.465 e. The number of carbonyl (C=O) groups excluding carboxylic acids is 2. The van der Waals surface area contributed by atoms with E-state index in [1.54, 1.807) is 23.6 Å². The molecule has 1 amide bonds. The van der Waals surface area contributed by atoms with Gasteiger partial charge in [-0.3, -0.25) is 14.6 Å². The molecular weight excluding hydrogens is 369 g/mol. The van der Waals surface area contributed by atoms with Crippen LogP contribution < -0.4 is 5.32 Å². The first-order valence-corrected chi connectivity index (χ1v) is 9.58. The molecule has 2 aromatic rings. The second-order valence-corrected chi connectivity index (χ2v) is 7.30. The van der Waals surface area contributed by atoms with Crippen LogP contribution in [-0.2, 0) is 16.1 Å². The third kappa shape index (κ3) is 5.35. The van der Waals surface area contributed by atoms with Gasteiger partial charge in [-0.2, -0.15) is 0 Å². The van der Waals surface area contributed by atoms with Gasteiger partial charge in [-0.25, -0.2) is 9.18 Å². The Kier molecular flexibility index (Phi) is 6.54. The molecule has 3 rings (SSSR count). The minimum Gasteiger partial charge on any atom is -0.465 e. The average molecular weight is 391 g/mol. The van der Waals surface area contributed by atoms with Gasteiger partial charge in [0.15, 0.2) is 0 Å². The van der Waals surface area contributed by atoms with Gasteiger partial charge in [-0.05, 0) is 29.1 Å². The number of amides is 1. The first kappa shape index (κ1) is 19.5. The lowest BCUT2D eigenvalue weighted by atomic mass is 10.2. The van der Waals surface area contributed by atoms with Gasteiger partial charge >= 0.3 is 5.97 Å². The highest BCUT2D eigenvalue weighted by Gasteiger charge is 2.21. The summed E-state index contributed by atoms with van der Waals surface area (Å²) in [5.74, 6) is -0.832. The molecule has 27 heavy (non-hydrogen) atoms. The van der Waals surface area contributed by atoms with Crippen molar-refractivity contribution in [2.75, 3.05) is 45.2 Å². The maximum Gasteiger partial charge on any atom is 0.340 e. The minimum absolute atomic E-state index is 0.152. The molecule has 0 bridgehead atoms. The highest BCUT2D eigenvalue weighted by atomic mass is 32.1. The van der Waals surface area contributed by atoms with E-state index in [-0.39, 0.29) is 18.3 Å². The standard InChI is InChI=1S/C19H22FN3O3S/c1-26-19(25)16-5-10-27-18(16)21-17(24)13-23-8-6-22(7-9-23)12-14-3-2-4-15(20)11-14/h2-5,10-11H,6-9,12-13H2,1H3,(H,21,24). The number of anilines is 1. The van der Waals surface area contributed by atoms with Crippen LogP contribution in [0.5, 0.6) is 0 Å². The van der Waals surface area contributed by atoms with Crippen LogP contribution in [0.4, 0.5) is 9.39 Å². The van der Waals surface area contributed by atoms with E-state index in [1.807, 2.05) is 6.07 Å². The molecule has 1 aromatic carbocycles. The number of nitrogens with one attached hydrogen (secondary N) is 1. The van der Waals surface area contributed by atoms with Gasteiger partial charge in [0.05, 0.1) is 19.2 Å². The number of piperazine rings is 1. The van der Waals surface area contributed by atoms with E-state index in [0.717, 1.165) is 31.7 Å². The molecule has 0 saturated carbocycles. The number of ether oxygens (including phenoxy) is 1. The molecule has 6 nitrogen and oxygen atoms in total. The summed E-state index contributed by atoms with van der Waals surface area (Å²) in [5.41, 5.74) is 1.32. The first-order chi connectivity index (χ1) is 13.0. The lowest BCUT2D eigenvalue weighted by molar-refractivity contribution is -0.117. The summed E-state index contributed by atoms with van der Waals surface area (Å²) in [6, 6.07) is 8.28. The molecule has 0 spiro atoms. The first-order valence-electron chi connectivity index (χ1n) is 8.70. The van der Waals surface area contributed by atoms with Crippen LogP contribution in [0, 0.1) is 5.82 Å². The topological polar surface area (TPSA) is 61.9 Å². The monoisotopic (exact) mass is 391 g/mol. The Balaban J connectivity index is 1.46. The van der Waals surface area contributed by atoms with Crippen LogP contribution in [0.3, 0.4) is 0 Å². The van der Waals surface area contributed by atoms with E-state index in [2.05, 4.69) is 15.1 Å². The number of hydrogen-bond donors (Lipinski definition) is 1. The van der Waals surface area contributed by atoms with Crippen LogP contribution >= 0.6 is 11.3 Å². The summed E-state index contributed by atoms with van der Waals surface area (Å²) in [6.45, 7) is 4.13. The van der Waals surface area contributed by atoms with Gasteiger partial charge in [0.1, 0.15) is 10.8 Å². The van der Waals surface area contributed by atoms with E-state index in [4.69, 9.17) is 4.74 Å². The van der Waals surface area contributed by atoms with Crippen molar-refractivity contribution >= 4 is 28.2 Å². The number of hydrogen-bond acceptors (Lipinski definition) is 6. The highest BCUT2D eigenvalue weighted by Crippen LogP contribution is 2.23. The third-order valence-electron chi connectivity index (χ3n) is 4.45.